The van der Waals surface area contributed by atoms with Gasteiger partial charge in [-0.25, -0.2) is 4.39 Å². The van der Waals surface area contributed by atoms with Gasteiger partial charge in [-0.15, -0.1) is 0 Å². The van der Waals surface area contributed by atoms with E-state index in [2.05, 4.69) is 27.4 Å². The Morgan fingerprint density at radius 1 is 1.41 bits per heavy atom. The highest BCUT2D eigenvalue weighted by Crippen LogP contribution is 2.37. The van der Waals surface area contributed by atoms with Crippen LogP contribution < -0.4 is 4.90 Å². The topological polar surface area (TPSA) is 12.5 Å². The van der Waals surface area contributed by atoms with Crippen molar-refractivity contribution in [3.63, 3.8) is 0 Å². The maximum Gasteiger partial charge on any atom is 0.126 e. The first-order chi connectivity index (χ1) is 8.09. The summed E-state index contributed by atoms with van der Waals surface area (Å²) in [5, 5.41) is 0.573. The summed E-state index contributed by atoms with van der Waals surface area (Å²) >= 11 is 9.33. The molecular formula is C12H12BrClFNO. The monoisotopic (exact) mass is 319 g/mol. The molecule has 5 heteroatoms. The Hall–Kier alpha value is -0.580. The van der Waals surface area contributed by atoms with Crippen molar-refractivity contribution in [1.82, 2.24) is 0 Å². The van der Waals surface area contributed by atoms with Crippen molar-refractivity contribution < 1.29 is 9.13 Å². The minimum absolute atomic E-state index is 0.463. The maximum absolute atomic E-state index is 13.5. The van der Waals surface area contributed by atoms with E-state index in [0.717, 1.165) is 18.8 Å². The van der Waals surface area contributed by atoms with Gasteiger partial charge >= 0.3 is 0 Å². The van der Waals surface area contributed by atoms with E-state index < -0.39 is 5.83 Å². The lowest BCUT2D eigenvalue weighted by atomic mass is 10.1. The lowest BCUT2D eigenvalue weighted by Gasteiger charge is -2.30. The van der Waals surface area contributed by atoms with E-state index in [9.17, 15) is 4.39 Å². The molecule has 1 saturated heterocycles. The number of morpholine rings is 1. The average Bonchev–Trinajstić information content (AvgIpc) is 2.28. The molecule has 17 heavy (non-hydrogen) atoms. The highest BCUT2D eigenvalue weighted by atomic mass is 79.9. The van der Waals surface area contributed by atoms with Gasteiger partial charge in [-0.05, 0) is 28.1 Å². The van der Waals surface area contributed by atoms with Crippen molar-refractivity contribution in [2.24, 2.45) is 0 Å². The standard InChI is InChI=1S/C12H12BrClFNO/c1-8(15)12-10(13)6-9(14)7-11(12)16-2-4-17-5-3-16/h6-7H,1-5H2. The molecular weight excluding hydrogens is 308 g/mol. The van der Waals surface area contributed by atoms with Crippen LogP contribution in [0.4, 0.5) is 10.1 Å². The predicted octanol–water partition coefficient (Wildman–Crippen LogP) is 3.88. The summed E-state index contributed by atoms with van der Waals surface area (Å²) in [6, 6.07) is 3.43. The SMILES string of the molecule is C=C(F)c1c(Br)cc(Cl)cc1N1CCOCC1. The Morgan fingerprint density at radius 3 is 2.65 bits per heavy atom. The third kappa shape index (κ3) is 2.81. The Kier molecular flexibility index (Phi) is 4.07. The zero-order valence-corrected chi connectivity index (χ0v) is 11.5. The minimum atomic E-state index is -0.463. The van der Waals surface area contributed by atoms with Gasteiger partial charge in [-0.3, -0.25) is 0 Å². The molecule has 0 radical (unpaired) electrons. The van der Waals surface area contributed by atoms with Gasteiger partial charge in [0.05, 0.1) is 13.2 Å². The van der Waals surface area contributed by atoms with E-state index in [-0.39, 0.29) is 0 Å². The van der Waals surface area contributed by atoms with Crippen molar-refractivity contribution in [2.75, 3.05) is 31.2 Å². The quantitative estimate of drug-likeness (QED) is 0.820. The molecule has 0 aliphatic carbocycles. The molecule has 0 bridgehead atoms. The second-order valence-electron chi connectivity index (χ2n) is 3.79. The summed E-state index contributed by atoms with van der Waals surface area (Å²) in [7, 11) is 0. The number of hydrogen-bond donors (Lipinski definition) is 0. The van der Waals surface area contributed by atoms with Crippen LogP contribution in [0.5, 0.6) is 0 Å². The van der Waals surface area contributed by atoms with Gasteiger partial charge in [-0.1, -0.05) is 18.2 Å². The Balaban J connectivity index is 2.46. The number of ether oxygens (including phenoxy) is 1. The van der Waals surface area contributed by atoms with E-state index >= 15 is 0 Å². The molecule has 92 valence electrons. The number of rotatable bonds is 2. The molecule has 1 aliphatic rings. The largest absolute Gasteiger partial charge is 0.378 e. The average molecular weight is 321 g/mol. The predicted molar refractivity (Wildman–Crippen MR) is 72.3 cm³/mol. The third-order valence-electron chi connectivity index (χ3n) is 2.66. The Labute approximate surface area is 113 Å². The van der Waals surface area contributed by atoms with Crippen molar-refractivity contribution in [1.29, 1.82) is 0 Å². The molecule has 0 unspecified atom stereocenters. The highest BCUT2D eigenvalue weighted by molar-refractivity contribution is 9.10. The highest BCUT2D eigenvalue weighted by Gasteiger charge is 2.19. The minimum Gasteiger partial charge on any atom is -0.378 e. The van der Waals surface area contributed by atoms with Crippen molar-refractivity contribution in [3.05, 3.63) is 33.8 Å². The number of hydrogen-bond acceptors (Lipinski definition) is 2. The molecule has 2 nitrogen and oxygen atoms in total. The summed E-state index contributed by atoms with van der Waals surface area (Å²) in [5.41, 5.74) is 1.23. The number of nitrogens with zero attached hydrogens (tertiary/aromatic N) is 1. The van der Waals surface area contributed by atoms with Crippen LogP contribution in [0.2, 0.25) is 5.02 Å². The van der Waals surface area contributed by atoms with Gasteiger partial charge in [0.1, 0.15) is 5.83 Å². The number of anilines is 1. The van der Waals surface area contributed by atoms with Gasteiger partial charge in [0.25, 0.3) is 0 Å². The first-order valence-corrected chi connectivity index (χ1v) is 6.43. The summed E-state index contributed by atoms with van der Waals surface area (Å²) in [6.07, 6.45) is 0. The Morgan fingerprint density at radius 2 is 2.06 bits per heavy atom. The molecule has 1 heterocycles. The van der Waals surface area contributed by atoms with Gasteiger partial charge in [0, 0.05) is 33.8 Å². The fourth-order valence-electron chi connectivity index (χ4n) is 1.88. The molecule has 0 N–H and O–H groups in total. The molecule has 0 amide bonds. The molecule has 0 spiro atoms. The maximum atomic E-state index is 13.5. The molecule has 0 saturated carbocycles. The van der Waals surface area contributed by atoms with Crippen LogP contribution in [-0.2, 0) is 4.74 Å². The van der Waals surface area contributed by atoms with Crippen molar-refractivity contribution in [2.45, 2.75) is 0 Å². The van der Waals surface area contributed by atoms with Gasteiger partial charge in [0.2, 0.25) is 0 Å². The van der Waals surface area contributed by atoms with Crippen LogP contribution in [0.3, 0.4) is 0 Å². The molecule has 0 atom stereocenters. The molecule has 1 aromatic rings. The van der Waals surface area contributed by atoms with E-state index in [0.29, 0.717) is 28.3 Å². The van der Waals surface area contributed by atoms with Gasteiger partial charge in [0.15, 0.2) is 0 Å². The number of halogens is 3. The summed E-state index contributed by atoms with van der Waals surface area (Å²) in [5.74, 6) is -0.463. The normalized spacial score (nSPS) is 16.1. The first-order valence-electron chi connectivity index (χ1n) is 5.26. The van der Waals surface area contributed by atoms with Crippen LogP contribution >= 0.6 is 27.5 Å². The van der Waals surface area contributed by atoms with Crippen LogP contribution in [0.1, 0.15) is 5.56 Å². The fraction of sp³-hybridized carbons (Fsp3) is 0.333. The van der Waals surface area contributed by atoms with Crippen LogP contribution in [-0.4, -0.2) is 26.3 Å². The van der Waals surface area contributed by atoms with E-state index in [1.54, 1.807) is 12.1 Å². The molecule has 1 aliphatic heterocycles. The zero-order valence-electron chi connectivity index (χ0n) is 9.18. The van der Waals surface area contributed by atoms with Crippen molar-refractivity contribution in [3.8, 4) is 0 Å². The Bertz CT molecular complexity index is 446. The van der Waals surface area contributed by atoms with Crippen LogP contribution in [0.25, 0.3) is 5.83 Å². The second-order valence-corrected chi connectivity index (χ2v) is 5.08. The third-order valence-corrected chi connectivity index (χ3v) is 3.50. The zero-order chi connectivity index (χ0) is 12.4. The van der Waals surface area contributed by atoms with Crippen LogP contribution in [0.15, 0.2) is 23.2 Å². The smallest absolute Gasteiger partial charge is 0.126 e. The van der Waals surface area contributed by atoms with Crippen LogP contribution in [0, 0.1) is 0 Å². The second kappa shape index (κ2) is 5.38. The molecule has 1 aromatic carbocycles. The first kappa shape index (κ1) is 12.9. The van der Waals surface area contributed by atoms with E-state index in [4.69, 9.17) is 16.3 Å². The summed E-state index contributed by atoms with van der Waals surface area (Å²) in [4.78, 5) is 2.06. The molecule has 0 aromatic heterocycles. The molecule has 1 fully saturated rings. The lowest BCUT2D eigenvalue weighted by Crippen LogP contribution is -2.36. The van der Waals surface area contributed by atoms with Gasteiger partial charge in [-0.2, -0.15) is 0 Å². The fourth-order valence-corrected chi connectivity index (χ4v) is 2.89. The van der Waals surface area contributed by atoms with Crippen molar-refractivity contribution >= 4 is 39.0 Å². The molecule has 2 rings (SSSR count). The lowest BCUT2D eigenvalue weighted by molar-refractivity contribution is 0.122. The summed E-state index contributed by atoms with van der Waals surface area (Å²) < 4.78 is 19.4. The van der Waals surface area contributed by atoms with Gasteiger partial charge < -0.3 is 9.64 Å². The van der Waals surface area contributed by atoms with E-state index in [1.165, 1.54) is 0 Å². The number of benzene rings is 1. The van der Waals surface area contributed by atoms with E-state index in [1.807, 2.05) is 0 Å². The summed E-state index contributed by atoms with van der Waals surface area (Å²) in [6.45, 7) is 6.11.